The average Bonchev–Trinajstić information content (AvgIpc) is 2.95. The number of ether oxygens (including phenoxy) is 3. The fraction of sp³-hybridized carbons (Fsp3) is 0.250. The zero-order chi connectivity index (χ0) is 29.9. The summed E-state index contributed by atoms with van der Waals surface area (Å²) in [4.78, 5) is 38.7. The number of hydrogen-bond acceptors (Lipinski definition) is 9. The highest BCUT2D eigenvalue weighted by molar-refractivity contribution is 9.10. The van der Waals surface area contributed by atoms with Crippen LogP contribution in [-0.4, -0.2) is 66.5 Å². The molecule has 41 heavy (non-hydrogen) atoms. The maximum Gasteiger partial charge on any atom is 0.488 e. The van der Waals surface area contributed by atoms with Gasteiger partial charge >= 0.3 is 19.2 Å². The van der Waals surface area contributed by atoms with Crippen LogP contribution in [0.25, 0.3) is 0 Å². The fourth-order valence-corrected chi connectivity index (χ4v) is 4.63. The minimum absolute atomic E-state index is 0.0280. The number of carbonyl (C=O) groups is 3. The number of hydrogen-bond donors (Lipinski definition) is 5. The summed E-state index contributed by atoms with van der Waals surface area (Å²) in [6.07, 6.45) is -0.904. The summed E-state index contributed by atoms with van der Waals surface area (Å²) in [5.74, 6) is -1.40. The molecule has 2 amide bonds. The van der Waals surface area contributed by atoms with Gasteiger partial charge in [0.1, 0.15) is 18.7 Å². The molecule has 0 aliphatic rings. The van der Waals surface area contributed by atoms with Gasteiger partial charge in [0.25, 0.3) is 0 Å². The minimum atomic E-state index is -1.65. The summed E-state index contributed by atoms with van der Waals surface area (Å²) in [6.45, 7) is -0.0286. The van der Waals surface area contributed by atoms with E-state index >= 15 is 0 Å². The summed E-state index contributed by atoms with van der Waals surface area (Å²) in [5.41, 5.74) is 2.10. The first-order valence-electron chi connectivity index (χ1n) is 12.5. The van der Waals surface area contributed by atoms with Crippen LogP contribution in [0.1, 0.15) is 16.7 Å². The van der Waals surface area contributed by atoms with E-state index in [9.17, 15) is 29.5 Å². The number of nitrogens with one attached hydrogen (secondary N) is 2. The normalized spacial score (nSPS) is 12.0. The van der Waals surface area contributed by atoms with Crippen LogP contribution in [0.15, 0.2) is 71.2 Å². The van der Waals surface area contributed by atoms with Crippen molar-refractivity contribution in [2.75, 3.05) is 14.2 Å². The Hall–Kier alpha value is -4.07. The van der Waals surface area contributed by atoms with Gasteiger partial charge in [0.2, 0.25) is 5.91 Å². The molecule has 3 rings (SSSR count). The quantitative estimate of drug-likeness (QED) is 0.148. The number of phenolic OH excluding ortho intramolecular Hbond substituents is 1. The molecule has 13 heteroatoms. The zero-order valence-corrected chi connectivity index (χ0v) is 24.0. The zero-order valence-electron chi connectivity index (χ0n) is 22.4. The van der Waals surface area contributed by atoms with Gasteiger partial charge in [-0.2, -0.15) is 0 Å². The lowest BCUT2D eigenvalue weighted by Crippen LogP contribution is -2.53. The SMILES string of the molecule is COC(=O)[C@H](Cc1ccc(B(O)O)cc1)NC(=O)[C@H](Cc1cc(O)c(OC)c(Br)c1)NC(=O)OCc1ccccc1. The van der Waals surface area contributed by atoms with Gasteiger partial charge < -0.3 is 40.0 Å². The molecule has 3 aromatic rings. The molecule has 0 aliphatic carbocycles. The Bertz CT molecular complexity index is 1320. The number of amides is 2. The molecule has 0 bridgehead atoms. The Morgan fingerprint density at radius 3 is 2.12 bits per heavy atom. The molecule has 0 fully saturated rings. The second kappa shape index (κ2) is 15.1. The standard InChI is InChI=1S/C28H30BBrN2O9/c1-39-25-21(30)12-19(15-24(25)33)14-22(32-28(36)41-16-18-6-4-3-5-7-18)26(34)31-23(27(35)40-2)13-17-8-10-20(11-9-17)29(37)38/h3-12,15,22-23,33,37-38H,13-14,16H2,1-2H3,(H,31,34)(H,32,36)/t22-,23-/m0/s1. The van der Waals surface area contributed by atoms with Crippen molar-refractivity contribution in [3.63, 3.8) is 0 Å². The highest BCUT2D eigenvalue weighted by atomic mass is 79.9. The number of phenols is 1. The maximum absolute atomic E-state index is 13.5. The number of benzene rings is 3. The van der Waals surface area contributed by atoms with Gasteiger partial charge in [0.15, 0.2) is 11.5 Å². The minimum Gasteiger partial charge on any atom is -0.504 e. The number of rotatable bonds is 12. The molecule has 0 aromatic heterocycles. The van der Waals surface area contributed by atoms with Crippen molar-refractivity contribution in [2.24, 2.45) is 0 Å². The van der Waals surface area contributed by atoms with E-state index in [-0.39, 0.29) is 36.4 Å². The third-order valence-electron chi connectivity index (χ3n) is 6.07. The van der Waals surface area contributed by atoms with Crippen LogP contribution in [-0.2, 0) is 38.5 Å². The predicted molar refractivity (Wildman–Crippen MR) is 154 cm³/mol. The monoisotopic (exact) mass is 628 g/mol. The van der Waals surface area contributed by atoms with E-state index in [4.69, 9.17) is 14.2 Å². The van der Waals surface area contributed by atoms with Crippen LogP contribution in [0.4, 0.5) is 4.79 Å². The highest BCUT2D eigenvalue weighted by Crippen LogP contribution is 2.35. The number of methoxy groups -OCH3 is 2. The molecule has 0 unspecified atom stereocenters. The molecule has 0 heterocycles. The molecule has 0 radical (unpaired) electrons. The lowest BCUT2D eigenvalue weighted by Gasteiger charge is -2.23. The highest BCUT2D eigenvalue weighted by Gasteiger charge is 2.29. The van der Waals surface area contributed by atoms with Crippen molar-refractivity contribution < 1.29 is 43.7 Å². The van der Waals surface area contributed by atoms with Crippen molar-refractivity contribution in [3.05, 3.63) is 87.9 Å². The molecule has 0 saturated carbocycles. The van der Waals surface area contributed by atoms with E-state index < -0.39 is 37.2 Å². The number of carbonyl (C=O) groups excluding carboxylic acids is 3. The number of halogens is 1. The number of esters is 1. The van der Waals surface area contributed by atoms with Gasteiger partial charge in [0.05, 0.1) is 18.7 Å². The number of aromatic hydroxyl groups is 1. The largest absolute Gasteiger partial charge is 0.504 e. The maximum atomic E-state index is 13.5. The van der Waals surface area contributed by atoms with Crippen molar-refractivity contribution in [2.45, 2.75) is 31.5 Å². The van der Waals surface area contributed by atoms with Crippen LogP contribution in [0.3, 0.4) is 0 Å². The summed E-state index contributed by atoms with van der Waals surface area (Å²) in [7, 11) is 0.930. The van der Waals surface area contributed by atoms with Crippen LogP contribution < -0.4 is 20.8 Å². The molecule has 11 nitrogen and oxygen atoms in total. The molecular formula is C28H30BBrN2O9. The molecule has 5 N–H and O–H groups in total. The first kappa shape index (κ1) is 31.5. The van der Waals surface area contributed by atoms with Crippen LogP contribution in [0.2, 0.25) is 0 Å². The van der Waals surface area contributed by atoms with Gasteiger partial charge in [-0.3, -0.25) is 4.79 Å². The Morgan fingerprint density at radius 1 is 0.878 bits per heavy atom. The average molecular weight is 629 g/mol. The molecule has 0 saturated heterocycles. The second-order valence-corrected chi connectivity index (χ2v) is 9.85. The second-order valence-electron chi connectivity index (χ2n) is 9.00. The summed E-state index contributed by atoms with van der Waals surface area (Å²) in [6, 6.07) is 15.8. The smallest absolute Gasteiger partial charge is 0.488 e. The van der Waals surface area contributed by atoms with E-state index in [1.807, 2.05) is 6.07 Å². The summed E-state index contributed by atoms with van der Waals surface area (Å²) in [5, 5.41) is 34.1. The molecule has 0 spiro atoms. The lowest BCUT2D eigenvalue weighted by atomic mass is 9.80. The lowest BCUT2D eigenvalue weighted by molar-refractivity contribution is -0.145. The predicted octanol–water partition coefficient (Wildman–Crippen LogP) is 1.58. The van der Waals surface area contributed by atoms with Crippen molar-refractivity contribution in [1.82, 2.24) is 10.6 Å². The molecule has 0 aliphatic heterocycles. The molecule has 2 atom stereocenters. The Morgan fingerprint density at radius 2 is 1.54 bits per heavy atom. The van der Waals surface area contributed by atoms with E-state index in [0.717, 1.165) is 5.56 Å². The molecule has 3 aromatic carbocycles. The topological polar surface area (TPSA) is 164 Å². The Balaban J connectivity index is 1.80. The van der Waals surface area contributed by atoms with Gasteiger partial charge in [-0.05, 0) is 50.2 Å². The van der Waals surface area contributed by atoms with E-state index in [0.29, 0.717) is 15.6 Å². The van der Waals surface area contributed by atoms with Crippen LogP contribution in [0, 0.1) is 0 Å². The fourth-order valence-electron chi connectivity index (χ4n) is 3.97. The first-order chi connectivity index (χ1) is 19.6. The van der Waals surface area contributed by atoms with Gasteiger partial charge in [-0.1, -0.05) is 54.6 Å². The molecule has 216 valence electrons. The molecular weight excluding hydrogens is 599 g/mol. The van der Waals surface area contributed by atoms with Crippen molar-refractivity contribution >= 4 is 46.5 Å². The number of alkyl carbamates (subject to hydrolysis) is 1. The summed E-state index contributed by atoms with van der Waals surface area (Å²) < 4.78 is 15.7. The van der Waals surface area contributed by atoms with Gasteiger partial charge in [-0.25, -0.2) is 9.59 Å². The van der Waals surface area contributed by atoms with Gasteiger partial charge in [-0.15, -0.1) is 0 Å². The Kier molecular flexibility index (Phi) is 11.6. The third kappa shape index (κ3) is 9.24. The Labute approximate surface area is 245 Å². The van der Waals surface area contributed by atoms with E-state index in [1.165, 1.54) is 32.4 Å². The first-order valence-corrected chi connectivity index (χ1v) is 13.3. The van der Waals surface area contributed by atoms with E-state index in [1.54, 1.807) is 42.5 Å². The van der Waals surface area contributed by atoms with Crippen molar-refractivity contribution in [3.8, 4) is 11.5 Å². The van der Waals surface area contributed by atoms with E-state index in [2.05, 4.69) is 26.6 Å². The summed E-state index contributed by atoms with van der Waals surface area (Å²) >= 11 is 3.32. The third-order valence-corrected chi connectivity index (χ3v) is 6.66. The van der Waals surface area contributed by atoms with Crippen LogP contribution in [0.5, 0.6) is 11.5 Å². The van der Waals surface area contributed by atoms with Crippen molar-refractivity contribution in [1.29, 1.82) is 0 Å². The van der Waals surface area contributed by atoms with Gasteiger partial charge in [0, 0.05) is 12.8 Å². The van der Waals surface area contributed by atoms with Crippen LogP contribution >= 0.6 is 15.9 Å².